The van der Waals surface area contributed by atoms with Gasteiger partial charge in [0, 0.05) is 12.3 Å². The predicted molar refractivity (Wildman–Crippen MR) is 155 cm³/mol. The lowest BCUT2D eigenvalue weighted by Crippen LogP contribution is -2.01. The van der Waals surface area contributed by atoms with Crippen molar-refractivity contribution in [2.75, 3.05) is 0 Å². The average molecular weight is 455 g/mol. The van der Waals surface area contributed by atoms with Crippen LogP contribution >= 0.6 is 0 Å². The van der Waals surface area contributed by atoms with Crippen LogP contribution in [0, 0.1) is 12.3 Å². The van der Waals surface area contributed by atoms with Crippen molar-refractivity contribution < 1.29 is 0 Å². The quantitative estimate of drug-likeness (QED) is 0.341. The lowest BCUT2D eigenvalue weighted by atomic mass is 9.86. The highest BCUT2D eigenvalue weighted by atomic mass is 14.2. The molecule has 0 aromatic rings. The minimum Gasteiger partial charge on any atom is -0.0772 e. The third-order valence-electron chi connectivity index (χ3n) is 6.00. The number of hydrogen-bond acceptors (Lipinski definition) is 0. The SMILES string of the molecule is CC.CC.CC1=C[CH]/C(=C2/C=CC(C)=C(C)C2)C=C1.C[C]1C=C(C)C=C/C1=C1\C=CC(C)=CC1. The van der Waals surface area contributed by atoms with Gasteiger partial charge in [-0.2, -0.15) is 0 Å². The summed E-state index contributed by atoms with van der Waals surface area (Å²) < 4.78 is 0. The average Bonchev–Trinajstić information content (AvgIpc) is 2.85. The van der Waals surface area contributed by atoms with E-state index < -0.39 is 0 Å². The number of rotatable bonds is 0. The Morgan fingerprint density at radius 1 is 0.588 bits per heavy atom. The fourth-order valence-electron chi connectivity index (χ4n) is 3.83. The van der Waals surface area contributed by atoms with E-state index in [0.29, 0.717) is 0 Å². The molecule has 0 fully saturated rings. The standard InChI is InChI=1S/2C15H17.2C2H6/c1-11-4-7-14(8-5-11)15-9-6-12(2)13(3)10-15;1-11-4-7-14(8-5-11)15-9-6-12(2)10-13(15)3;2*1-2/h4-9H,10H2,1-3H3;4-7,9-10H,8H2,1-3H3;2*1-2H3/b;15-14-;;. The summed E-state index contributed by atoms with van der Waals surface area (Å²) >= 11 is 0. The van der Waals surface area contributed by atoms with Crippen molar-refractivity contribution in [1.29, 1.82) is 0 Å². The maximum atomic E-state index is 2.29. The molecule has 0 aliphatic heterocycles. The summed E-state index contributed by atoms with van der Waals surface area (Å²) in [5, 5.41) is 0. The minimum atomic E-state index is 1.06. The van der Waals surface area contributed by atoms with Crippen LogP contribution in [0.3, 0.4) is 0 Å². The highest BCUT2D eigenvalue weighted by molar-refractivity contribution is 5.55. The van der Waals surface area contributed by atoms with Gasteiger partial charge >= 0.3 is 0 Å². The summed E-state index contributed by atoms with van der Waals surface area (Å²) in [5.74, 6) is 1.38. The third kappa shape index (κ3) is 8.98. The van der Waals surface area contributed by atoms with Gasteiger partial charge in [-0.1, -0.05) is 129 Å². The van der Waals surface area contributed by atoms with Crippen molar-refractivity contribution in [3.63, 3.8) is 0 Å². The molecule has 4 aliphatic carbocycles. The Labute approximate surface area is 211 Å². The zero-order chi connectivity index (χ0) is 25.7. The molecule has 0 nitrogen and oxygen atoms in total. The topological polar surface area (TPSA) is 0 Å². The van der Waals surface area contributed by atoms with Crippen molar-refractivity contribution in [3.05, 3.63) is 129 Å². The molecule has 0 saturated carbocycles. The summed E-state index contributed by atoms with van der Waals surface area (Å²) in [6, 6.07) is 0. The van der Waals surface area contributed by atoms with Gasteiger partial charge in [-0.15, -0.1) is 0 Å². The van der Waals surface area contributed by atoms with Gasteiger partial charge in [-0.3, -0.25) is 0 Å². The van der Waals surface area contributed by atoms with E-state index in [1.807, 2.05) is 27.7 Å². The summed E-state index contributed by atoms with van der Waals surface area (Å²) in [7, 11) is 0. The Morgan fingerprint density at radius 2 is 1.21 bits per heavy atom. The Morgan fingerprint density at radius 3 is 1.74 bits per heavy atom. The molecule has 0 amide bonds. The molecule has 4 aliphatic rings. The molecule has 0 bridgehead atoms. The van der Waals surface area contributed by atoms with Crippen LogP contribution in [0.5, 0.6) is 0 Å². The maximum Gasteiger partial charge on any atom is 0.0241 e. The highest BCUT2D eigenvalue weighted by Crippen LogP contribution is 2.30. The fraction of sp³-hybridized carbons (Fsp3) is 0.353. The molecular formula is C34H46. The van der Waals surface area contributed by atoms with E-state index in [2.05, 4.69) is 115 Å². The summed E-state index contributed by atoms with van der Waals surface area (Å²) in [5.41, 5.74) is 12.5. The lowest BCUT2D eigenvalue weighted by Gasteiger charge is -2.18. The predicted octanol–water partition coefficient (Wildman–Crippen LogP) is 10.7. The molecule has 0 spiro atoms. The summed E-state index contributed by atoms with van der Waals surface area (Å²) in [6.45, 7) is 21.0. The van der Waals surface area contributed by atoms with Crippen LogP contribution in [0.25, 0.3) is 0 Å². The molecule has 182 valence electrons. The molecule has 2 radical (unpaired) electrons. The second kappa shape index (κ2) is 15.3. The van der Waals surface area contributed by atoms with Crippen molar-refractivity contribution in [3.8, 4) is 0 Å². The third-order valence-corrected chi connectivity index (χ3v) is 6.00. The molecule has 34 heavy (non-hydrogen) atoms. The second-order valence-electron chi connectivity index (χ2n) is 8.69. The van der Waals surface area contributed by atoms with Crippen LogP contribution in [0.4, 0.5) is 0 Å². The molecule has 0 unspecified atom stereocenters. The fourth-order valence-corrected chi connectivity index (χ4v) is 3.83. The van der Waals surface area contributed by atoms with E-state index in [9.17, 15) is 0 Å². The monoisotopic (exact) mass is 454 g/mol. The van der Waals surface area contributed by atoms with Crippen LogP contribution in [-0.2, 0) is 0 Å². The molecular weight excluding hydrogens is 408 g/mol. The highest BCUT2D eigenvalue weighted by Gasteiger charge is 2.13. The van der Waals surface area contributed by atoms with Crippen LogP contribution in [0.15, 0.2) is 117 Å². The molecule has 0 N–H and O–H groups in total. The minimum absolute atomic E-state index is 1.06. The molecule has 0 heteroatoms. The Hall–Kier alpha value is -2.60. The first-order valence-corrected chi connectivity index (χ1v) is 12.9. The maximum absolute atomic E-state index is 2.29. The van der Waals surface area contributed by atoms with E-state index in [1.165, 1.54) is 56.1 Å². The van der Waals surface area contributed by atoms with Gasteiger partial charge in [0.05, 0.1) is 0 Å². The zero-order valence-corrected chi connectivity index (χ0v) is 23.3. The largest absolute Gasteiger partial charge is 0.0772 e. The summed E-state index contributed by atoms with van der Waals surface area (Å²) in [6.07, 6.45) is 28.8. The molecule has 4 rings (SSSR count). The first-order chi connectivity index (χ1) is 16.3. The molecule has 0 heterocycles. The van der Waals surface area contributed by atoms with Gasteiger partial charge < -0.3 is 0 Å². The normalized spacial score (nSPS) is 23.5. The van der Waals surface area contributed by atoms with E-state index in [1.54, 1.807) is 0 Å². The smallest absolute Gasteiger partial charge is 0.0241 e. The first-order valence-electron chi connectivity index (χ1n) is 12.9. The van der Waals surface area contributed by atoms with Gasteiger partial charge in [0.2, 0.25) is 0 Å². The van der Waals surface area contributed by atoms with Gasteiger partial charge in [0.15, 0.2) is 0 Å². The van der Waals surface area contributed by atoms with Crippen molar-refractivity contribution in [2.24, 2.45) is 0 Å². The van der Waals surface area contributed by atoms with Gasteiger partial charge in [-0.05, 0) is 69.8 Å². The second-order valence-corrected chi connectivity index (χ2v) is 8.69. The Kier molecular flexibility index (Phi) is 13.3. The lowest BCUT2D eigenvalue weighted by molar-refractivity contribution is 1.07. The van der Waals surface area contributed by atoms with Crippen molar-refractivity contribution in [2.45, 2.75) is 82.1 Å². The van der Waals surface area contributed by atoms with Crippen molar-refractivity contribution >= 4 is 0 Å². The van der Waals surface area contributed by atoms with Gasteiger partial charge in [0.25, 0.3) is 0 Å². The molecule has 0 atom stereocenters. The van der Waals surface area contributed by atoms with Crippen molar-refractivity contribution in [1.82, 2.24) is 0 Å². The number of allylic oxidation sites excluding steroid dienone is 20. The van der Waals surface area contributed by atoms with E-state index in [4.69, 9.17) is 0 Å². The molecule has 0 saturated heterocycles. The van der Waals surface area contributed by atoms with Gasteiger partial charge in [0.1, 0.15) is 0 Å². The molecule has 0 aromatic carbocycles. The van der Waals surface area contributed by atoms with Crippen LogP contribution < -0.4 is 0 Å². The first kappa shape index (κ1) is 29.4. The van der Waals surface area contributed by atoms with Crippen LogP contribution in [0.2, 0.25) is 0 Å². The Bertz CT molecular complexity index is 1000. The number of hydrogen-bond donors (Lipinski definition) is 0. The Balaban J connectivity index is 0.000000297. The van der Waals surface area contributed by atoms with Gasteiger partial charge in [-0.25, -0.2) is 0 Å². The zero-order valence-electron chi connectivity index (χ0n) is 23.3. The van der Waals surface area contributed by atoms with E-state index in [0.717, 1.165) is 12.8 Å². The van der Waals surface area contributed by atoms with Crippen LogP contribution in [0.1, 0.15) is 82.1 Å². The summed E-state index contributed by atoms with van der Waals surface area (Å²) in [4.78, 5) is 0. The van der Waals surface area contributed by atoms with E-state index in [-0.39, 0.29) is 0 Å². The molecule has 0 aromatic heterocycles. The van der Waals surface area contributed by atoms with Crippen LogP contribution in [-0.4, -0.2) is 0 Å². The van der Waals surface area contributed by atoms with E-state index >= 15 is 0 Å².